The molecular formula is C30H36F2N8O2. The largest absolute Gasteiger partial charge is 0.374 e. The van der Waals surface area contributed by atoms with Crippen LogP contribution in [-0.2, 0) is 16.1 Å². The summed E-state index contributed by atoms with van der Waals surface area (Å²) in [4.78, 5) is 24.6. The Morgan fingerprint density at radius 1 is 1.19 bits per heavy atom. The van der Waals surface area contributed by atoms with Crippen LogP contribution in [0, 0.1) is 17.6 Å². The van der Waals surface area contributed by atoms with Gasteiger partial charge in [-0.2, -0.15) is 9.61 Å². The molecule has 5 rings (SSSR count). The van der Waals surface area contributed by atoms with Crippen LogP contribution in [0.15, 0.2) is 48.9 Å². The van der Waals surface area contributed by atoms with Crippen molar-refractivity contribution in [2.24, 2.45) is 11.7 Å². The highest BCUT2D eigenvalue weighted by atomic mass is 19.1. The van der Waals surface area contributed by atoms with Crippen LogP contribution in [-0.4, -0.2) is 68.7 Å². The third-order valence-electron chi connectivity index (χ3n) is 7.62. The van der Waals surface area contributed by atoms with Gasteiger partial charge in [0, 0.05) is 39.3 Å². The fraction of sp³-hybridized carbons (Fsp3) is 0.400. The number of amides is 1. The first-order valence-electron chi connectivity index (χ1n) is 13.9. The summed E-state index contributed by atoms with van der Waals surface area (Å²) in [5.74, 6) is -0.994. The summed E-state index contributed by atoms with van der Waals surface area (Å²) < 4.78 is 37.2. The average Bonchev–Trinajstić information content (AvgIpc) is 3.33. The van der Waals surface area contributed by atoms with Gasteiger partial charge < -0.3 is 25.6 Å². The van der Waals surface area contributed by atoms with Crippen LogP contribution in [0.2, 0.25) is 0 Å². The number of imidazole rings is 1. The number of piperidine rings is 1. The van der Waals surface area contributed by atoms with Crippen molar-refractivity contribution in [1.82, 2.24) is 24.5 Å². The Balaban J connectivity index is 1.43. The van der Waals surface area contributed by atoms with Crippen molar-refractivity contribution in [2.75, 3.05) is 30.4 Å². The van der Waals surface area contributed by atoms with Crippen molar-refractivity contribution < 1.29 is 18.3 Å². The Hall–Kier alpha value is -4.16. The number of ether oxygens (including phenoxy) is 1. The van der Waals surface area contributed by atoms with E-state index in [1.807, 2.05) is 19.9 Å². The Morgan fingerprint density at radius 2 is 1.93 bits per heavy atom. The number of aromatic nitrogens is 4. The molecule has 1 aliphatic rings. The standard InChI is InChI=1S/C30H36F2N8O2/c1-17(2)42-16-20-10-22(31)28(23(32)11-20)25-7-6-21-12-35-30(40(21)37-25)36-26-13-34-9-8-27(26)39-14-18(3)29(24(33)15-39)38(5)19(4)41/h6-13,17-18,24,29H,14-16,33H2,1-5H3,(H,35,36). The highest BCUT2D eigenvalue weighted by Crippen LogP contribution is 2.33. The molecule has 12 heteroatoms. The molecule has 1 aliphatic heterocycles. The smallest absolute Gasteiger partial charge is 0.229 e. The first-order valence-corrected chi connectivity index (χ1v) is 13.9. The maximum absolute atomic E-state index is 15.1. The van der Waals surface area contributed by atoms with Crippen molar-refractivity contribution in [1.29, 1.82) is 0 Å². The minimum Gasteiger partial charge on any atom is -0.374 e. The number of hydrogen-bond acceptors (Lipinski definition) is 8. The first kappa shape index (κ1) is 29.3. The molecule has 3 atom stereocenters. The molecule has 4 heterocycles. The summed E-state index contributed by atoms with van der Waals surface area (Å²) in [6.07, 6.45) is 4.94. The van der Waals surface area contributed by atoms with Gasteiger partial charge in [0.2, 0.25) is 11.9 Å². The fourth-order valence-corrected chi connectivity index (χ4v) is 5.59. The molecule has 222 valence electrons. The molecule has 1 amide bonds. The van der Waals surface area contributed by atoms with Gasteiger partial charge in [-0.1, -0.05) is 6.92 Å². The summed E-state index contributed by atoms with van der Waals surface area (Å²) in [6, 6.07) is 7.36. The molecule has 10 nitrogen and oxygen atoms in total. The van der Waals surface area contributed by atoms with Gasteiger partial charge in [-0.25, -0.2) is 13.8 Å². The number of anilines is 3. The molecule has 42 heavy (non-hydrogen) atoms. The van der Waals surface area contributed by atoms with Crippen LogP contribution < -0.4 is 16.0 Å². The van der Waals surface area contributed by atoms with Crippen LogP contribution in [0.3, 0.4) is 0 Å². The number of halogens is 2. The minimum absolute atomic E-state index is 0.0177. The van der Waals surface area contributed by atoms with Crippen LogP contribution in [0.1, 0.15) is 33.3 Å². The van der Waals surface area contributed by atoms with Gasteiger partial charge >= 0.3 is 0 Å². The summed E-state index contributed by atoms with van der Waals surface area (Å²) in [5, 5.41) is 7.82. The lowest BCUT2D eigenvalue weighted by Gasteiger charge is -2.46. The third kappa shape index (κ3) is 5.90. The maximum Gasteiger partial charge on any atom is 0.229 e. The second-order valence-electron chi connectivity index (χ2n) is 11.1. The van der Waals surface area contributed by atoms with E-state index in [4.69, 9.17) is 10.5 Å². The molecule has 0 radical (unpaired) electrons. The Labute approximate surface area is 243 Å². The van der Waals surface area contributed by atoms with Gasteiger partial charge in [0.1, 0.15) is 11.6 Å². The summed E-state index contributed by atoms with van der Waals surface area (Å²) in [5.41, 5.74) is 9.03. The normalized spacial score (nSPS) is 19.0. The number of carbonyl (C=O) groups is 1. The van der Waals surface area contributed by atoms with E-state index in [1.165, 1.54) is 16.6 Å². The Bertz CT molecular complexity index is 1560. The molecule has 0 spiro atoms. The van der Waals surface area contributed by atoms with Crippen molar-refractivity contribution >= 4 is 28.7 Å². The summed E-state index contributed by atoms with van der Waals surface area (Å²) in [6.45, 7) is 8.67. The lowest BCUT2D eigenvalue weighted by molar-refractivity contribution is -0.131. The molecule has 1 saturated heterocycles. The second kappa shape index (κ2) is 12.0. The van der Waals surface area contributed by atoms with Crippen LogP contribution in [0.5, 0.6) is 0 Å². The van der Waals surface area contributed by atoms with E-state index in [-0.39, 0.29) is 47.9 Å². The number of carbonyl (C=O) groups excluding carboxylic acids is 1. The summed E-state index contributed by atoms with van der Waals surface area (Å²) >= 11 is 0. The topological polar surface area (TPSA) is 114 Å². The predicted molar refractivity (Wildman–Crippen MR) is 157 cm³/mol. The molecule has 3 aromatic heterocycles. The lowest BCUT2D eigenvalue weighted by Crippen LogP contribution is -2.62. The zero-order valence-corrected chi connectivity index (χ0v) is 24.4. The molecular weight excluding hydrogens is 542 g/mol. The van der Waals surface area contributed by atoms with Crippen LogP contribution >= 0.6 is 0 Å². The van der Waals surface area contributed by atoms with Crippen LogP contribution in [0.25, 0.3) is 16.8 Å². The number of benzene rings is 1. The highest BCUT2D eigenvalue weighted by molar-refractivity contribution is 5.75. The van der Waals surface area contributed by atoms with E-state index in [0.717, 1.165) is 5.69 Å². The third-order valence-corrected chi connectivity index (χ3v) is 7.62. The number of likely N-dealkylation sites (N-methyl/N-ethyl adjacent to an activating group) is 1. The number of fused-ring (bicyclic) bond motifs is 1. The van der Waals surface area contributed by atoms with Gasteiger partial charge in [0.15, 0.2) is 0 Å². The SMILES string of the molecule is CC(=O)N(C)C1C(C)CN(c2ccncc2Nc2ncc3ccc(-c4c(F)cc(COC(C)C)cc4F)nn23)CC1N. The zero-order chi connectivity index (χ0) is 30.1. The van der Waals surface area contributed by atoms with Gasteiger partial charge in [0.25, 0.3) is 0 Å². The van der Waals surface area contributed by atoms with Crippen molar-refractivity contribution in [3.63, 3.8) is 0 Å². The minimum atomic E-state index is -0.724. The molecule has 0 bridgehead atoms. The van der Waals surface area contributed by atoms with E-state index in [1.54, 1.807) is 49.6 Å². The van der Waals surface area contributed by atoms with E-state index in [2.05, 4.69) is 32.2 Å². The first-order chi connectivity index (χ1) is 20.0. The molecule has 3 unspecified atom stereocenters. The molecule has 0 saturated carbocycles. The van der Waals surface area contributed by atoms with Gasteiger partial charge in [-0.05, 0) is 55.7 Å². The number of nitrogens with zero attached hydrogens (tertiary/aromatic N) is 6. The Morgan fingerprint density at radius 3 is 2.60 bits per heavy atom. The number of nitrogens with one attached hydrogen (secondary N) is 1. The molecule has 1 fully saturated rings. The molecule has 3 N–H and O–H groups in total. The van der Waals surface area contributed by atoms with Gasteiger partial charge in [-0.15, -0.1) is 0 Å². The van der Waals surface area contributed by atoms with E-state index < -0.39 is 11.6 Å². The van der Waals surface area contributed by atoms with E-state index >= 15 is 8.78 Å². The molecule has 4 aromatic rings. The number of nitrogens with two attached hydrogens (primary N) is 1. The lowest BCUT2D eigenvalue weighted by atomic mass is 9.88. The van der Waals surface area contributed by atoms with E-state index in [9.17, 15) is 4.79 Å². The van der Waals surface area contributed by atoms with Gasteiger partial charge in [0.05, 0.1) is 59.3 Å². The Kier molecular flexibility index (Phi) is 8.37. The zero-order valence-electron chi connectivity index (χ0n) is 24.4. The maximum atomic E-state index is 15.1. The van der Waals surface area contributed by atoms with E-state index in [0.29, 0.717) is 35.8 Å². The highest BCUT2D eigenvalue weighted by Gasteiger charge is 2.36. The summed E-state index contributed by atoms with van der Waals surface area (Å²) in [7, 11) is 1.79. The van der Waals surface area contributed by atoms with Crippen molar-refractivity contribution in [2.45, 2.75) is 52.5 Å². The number of hydrogen-bond donors (Lipinski definition) is 2. The average molecular weight is 579 g/mol. The monoisotopic (exact) mass is 578 g/mol. The number of pyridine rings is 1. The molecule has 1 aromatic carbocycles. The predicted octanol–water partition coefficient (Wildman–Crippen LogP) is 4.37. The second-order valence-corrected chi connectivity index (χ2v) is 11.1. The number of rotatable bonds is 8. The van der Waals surface area contributed by atoms with Crippen LogP contribution in [0.4, 0.5) is 26.1 Å². The van der Waals surface area contributed by atoms with Crippen molar-refractivity contribution in [3.05, 3.63) is 66.1 Å². The quantitative estimate of drug-likeness (QED) is 0.317. The molecule has 0 aliphatic carbocycles. The van der Waals surface area contributed by atoms with Gasteiger partial charge in [-0.3, -0.25) is 9.78 Å². The fourth-order valence-electron chi connectivity index (χ4n) is 5.59. The van der Waals surface area contributed by atoms with Crippen molar-refractivity contribution in [3.8, 4) is 11.3 Å².